The molecule has 7 heteroatoms. The van der Waals surface area contributed by atoms with E-state index in [1.54, 1.807) is 18.2 Å². The molecule has 2 N–H and O–H groups in total. The van der Waals surface area contributed by atoms with E-state index in [9.17, 15) is 9.90 Å². The lowest BCUT2D eigenvalue weighted by molar-refractivity contribution is -0.120. The molecule has 6 nitrogen and oxygen atoms in total. The summed E-state index contributed by atoms with van der Waals surface area (Å²) in [7, 11) is 0. The number of rotatable bonds is 6. The van der Waals surface area contributed by atoms with Gasteiger partial charge in [0.2, 0.25) is 12.2 Å². The minimum Gasteiger partial charge on any atom is -0.492 e. The third-order valence-corrected chi connectivity index (χ3v) is 4.18. The van der Waals surface area contributed by atoms with Gasteiger partial charge in [0, 0.05) is 5.56 Å². The van der Waals surface area contributed by atoms with E-state index in [0.717, 1.165) is 12.8 Å². The SMILES string of the molecule is CCCCCCOc1ccc2c(c1Cl)OC1=NC(O)NC(=O)C1=C2. The number of aliphatic imine (C=N–C) groups is 1. The fourth-order valence-electron chi connectivity index (χ4n) is 2.56. The maximum atomic E-state index is 11.9. The summed E-state index contributed by atoms with van der Waals surface area (Å²) in [6.45, 7) is 2.74. The number of hydrogen-bond donors (Lipinski definition) is 2. The van der Waals surface area contributed by atoms with Crippen LogP contribution < -0.4 is 14.8 Å². The van der Waals surface area contributed by atoms with Crippen LogP contribution in [0.15, 0.2) is 22.7 Å². The highest BCUT2D eigenvalue weighted by Gasteiger charge is 2.31. The van der Waals surface area contributed by atoms with Crippen molar-refractivity contribution in [3.05, 3.63) is 28.3 Å². The maximum absolute atomic E-state index is 11.9. The summed E-state index contributed by atoms with van der Waals surface area (Å²) in [5, 5.41) is 12.1. The van der Waals surface area contributed by atoms with Crippen molar-refractivity contribution in [2.45, 2.75) is 39.0 Å². The van der Waals surface area contributed by atoms with Crippen LogP contribution in [-0.2, 0) is 4.79 Å². The van der Waals surface area contributed by atoms with Crippen LogP contribution in [0.2, 0.25) is 5.02 Å². The van der Waals surface area contributed by atoms with Crippen LogP contribution in [0.4, 0.5) is 0 Å². The number of carbonyl (C=O) groups excluding carboxylic acids is 1. The lowest BCUT2D eigenvalue weighted by Crippen LogP contribution is -2.43. The Morgan fingerprint density at radius 2 is 2.21 bits per heavy atom. The summed E-state index contributed by atoms with van der Waals surface area (Å²) in [6.07, 6.45) is 4.75. The van der Waals surface area contributed by atoms with Gasteiger partial charge in [-0.2, -0.15) is 4.99 Å². The molecule has 1 aromatic rings. The summed E-state index contributed by atoms with van der Waals surface area (Å²) in [5.41, 5.74) is 0.927. The van der Waals surface area contributed by atoms with E-state index in [0.29, 0.717) is 28.7 Å². The highest BCUT2D eigenvalue weighted by molar-refractivity contribution is 6.35. The zero-order valence-corrected chi connectivity index (χ0v) is 14.1. The monoisotopic (exact) mass is 350 g/mol. The van der Waals surface area contributed by atoms with Gasteiger partial charge in [0.15, 0.2) is 5.75 Å². The number of unbranched alkanes of at least 4 members (excludes halogenated alkanes) is 3. The topological polar surface area (TPSA) is 80.2 Å². The van der Waals surface area contributed by atoms with Gasteiger partial charge in [-0.05, 0) is 24.6 Å². The Bertz CT molecular complexity index is 715. The molecule has 0 saturated heterocycles. The predicted molar refractivity (Wildman–Crippen MR) is 91.3 cm³/mol. The largest absolute Gasteiger partial charge is 0.492 e. The van der Waals surface area contributed by atoms with E-state index < -0.39 is 12.3 Å². The molecule has 1 aromatic carbocycles. The Labute approximate surface area is 145 Å². The number of aliphatic hydroxyl groups is 1. The van der Waals surface area contributed by atoms with Gasteiger partial charge in [0.1, 0.15) is 16.3 Å². The zero-order chi connectivity index (χ0) is 17.1. The number of benzene rings is 1. The maximum Gasteiger partial charge on any atom is 0.260 e. The summed E-state index contributed by atoms with van der Waals surface area (Å²) < 4.78 is 11.4. The van der Waals surface area contributed by atoms with E-state index in [1.807, 2.05) is 0 Å². The number of ether oxygens (including phenoxy) is 2. The second-order valence-electron chi connectivity index (χ2n) is 5.65. The summed E-state index contributed by atoms with van der Waals surface area (Å²) in [6, 6.07) is 3.55. The first-order valence-electron chi connectivity index (χ1n) is 8.02. The average molecular weight is 351 g/mol. The van der Waals surface area contributed by atoms with Crippen LogP contribution >= 0.6 is 11.6 Å². The third kappa shape index (κ3) is 3.39. The standard InChI is InChI=1S/C17H19ClN2O4/c1-2-3-4-5-8-23-12-7-6-10-9-11-15(21)19-17(22)20-16(11)24-14(10)13(12)18/h6-7,9,17,22H,2-5,8H2,1H3,(H,19,21). The van der Waals surface area contributed by atoms with Gasteiger partial charge in [-0.15, -0.1) is 0 Å². The fourth-order valence-corrected chi connectivity index (χ4v) is 2.82. The summed E-state index contributed by atoms with van der Waals surface area (Å²) in [4.78, 5) is 15.7. The Kier molecular flexibility index (Phi) is 5.06. The van der Waals surface area contributed by atoms with Gasteiger partial charge in [-0.3, -0.25) is 4.79 Å². The van der Waals surface area contributed by atoms with Crippen molar-refractivity contribution in [1.29, 1.82) is 0 Å². The molecule has 0 radical (unpaired) electrons. The molecule has 0 aliphatic carbocycles. The summed E-state index contributed by atoms with van der Waals surface area (Å²) >= 11 is 6.37. The molecule has 2 aliphatic rings. The van der Waals surface area contributed by atoms with E-state index in [-0.39, 0.29) is 11.5 Å². The molecule has 1 atom stereocenters. The molecule has 128 valence electrons. The average Bonchev–Trinajstić information content (AvgIpc) is 2.55. The number of aliphatic hydroxyl groups excluding tert-OH is 1. The van der Waals surface area contributed by atoms with Crippen molar-refractivity contribution in [3.63, 3.8) is 0 Å². The van der Waals surface area contributed by atoms with Gasteiger partial charge in [-0.25, -0.2) is 0 Å². The Morgan fingerprint density at radius 1 is 1.38 bits per heavy atom. The van der Waals surface area contributed by atoms with Crippen LogP contribution in [0.5, 0.6) is 11.5 Å². The third-order valence-electron chi connectivity index (χ3n) is 3.82. The number of amides is 1. The van der Waals surface area contributed by atoms with Crippen molar-refractivity contribution in [3.8, 4) is 11.5 Å². The minimum atomic E-state index is -1.32. The molecule has 1 unspecified atom stereocenters. The molecule has 2 aliphatic heterocycles. The second-order valence-corrected chi connectivity index (χ2v) is 6.02. The van der Waals surface area contributed by atoms with Crippen molar-refractivity contribution < 1.29 is 19.4 Å². The second kappa shape index (κ2) is 7.23. The lowest BCUT2D eigenvalue weighted by Gasteiger charge is -2.25. The molecule has 1 amide bonds. The van der Waals surface area contributed by atoms with Crippen LogP contribution in [0.1, 0.15) is 38.2 Å². The number of carbonyl (C=O) groups is 1. The molecule has 0 spiro atoms. The van der Waals surface area contributed by atoms with Crippen LogP contribution in [0.3, 0.4) is 0 Å². The van der Waals surface area contributed by atoms with Gasteiger partial charge < -0.3 is 19.9 Å². The molecule has 24 heavy (non-hydrogen) atoms. The normalized spacial score (nSPS) is 18.6. The first kappa shape index (κ1) is 16.8. The van der Waals surface area contributed by atoms with Crippen molar-refractivity contribution in [2.75, 3.05) is 6.61 Å². The smallest absolute Gasteiger partial charge is 0.260 e. The highest BCUT2D eigenvalue weighted by Crippen LogP contribution is 2.41. The van der Waals surface area contributed by atoms with E-state index in [4.69, 9.17) is 21.1 Å². The molecule has 2 heterocycles. The van der Waals surface area contributed by atoms with E-state index in [1.165, 1.54) is 12.8 Å². The van der Waals surface area contributed by atoms with Crippen molar-refractivity contribution >= 4 is 29.5 Å². The van der Waals surface area contributed by atoms with Gasteiger partial charge >= 0.3 is 0 Å². The minimum absolute atomic E-state index is 0.0562. The predicted octanol–water partition coefficient (Wildman–Crippen LogP) is 2.88. The Balaban J connectivity index is 1.79. The van der Waals surface area contributed by atoms with Gasteiger partial charge in [0.05, 0.1) is 6.61 Å². The molecule has 3 rings (SSSR count). The molecule has 0 saturated carbocycles. The molecule has 0 aromatic heterocycles. The number of nitrogens with one attached hydrogen (secondary N) is 1. The number of fused-ring (bicyclic) bond motifs is 2. The summed E-state index contributed by atoms with van der Waals surface area (Å²) in [5.74, 6) is 0.531. The lowest BCUT2D eigenvalue weighted by atomic mass is 10.0. The molecular formula is C17H19ClN2O4. The van der Waals surface area contributed by atoms with Gasteiger partial charge in [0.25, 0.3) is 5.91 Å². The zero-order valence-electron chi connectivity index (χ0n) is 13.3. The first-order chi connectivity index (χ1) is 11.6. The van der Waals surface area contributed by atoms with Crippen molar-refractivity contribution in [1.82, 2.24) is 5.32 Å². The number of halogens is 1. The highest BCUT2D eigenvalue weighted by atomic mass is 35.5. The van der Waals surface area contributed by atoms with Crippen LogP contribution in [-0.4, -0.2) is 29.9 Å². The number of nitrogens with zero attached hydrogens (tertiary/aromatic N) is 1. The van der Waals surface area contributed by atoms with Crippen molar-refractivity contribution in [2.24, 2.45) is 4.99 Å². The quantitative estimate of drug-likeness (QED) is 0.773. The fraction of sp³-hybridized carbons (Fsp3) is 0.412. The van der Waals surface area contributed by atoms with Crippen LogP contribution in [0, 0.1) is 0 Å². The Hall–Kier alpha value is -2.05. The number of hydrogen-bond acceptors (Lipinski definition) is 5. The Morgan fingerprint density at radius 3 is 3.00 bits per heavy atom. The van der Waals surface area contributed by atoms with Gasteiger partial charge in [-0.1, -0.05) is 37.8 Å². The molecular weight excluding hydrogens is 332 g/mol. The van der Waals surface area contributed by atoms with Crippen LogP contribution in [0.25, 0.3) is 6.08 Å². The first-order valence-corrected chi connectivity index (χ1v) is 8.40. The van der Waals surface area contributed by atoms with E-state index >= 15 is 0 Å². The molecule has 0 fully saturated rings. The van der Waals surface area contributed by atoms with E-state index in [2.05, 4.69) is 17.2 Å². The molecule has 0 bridgehead atoms.